The van der Waals surface area contributed by atoms with E-state index in [1.807, 2.05) is 32.0 Å². The van der Waals surface area contributed by atoms with Crippen LogP contribution >= 0.6 is 0 Å². The number of carbonyl (C=O) groups excluding carboxylic acids is 1. The lowest BCUT2D eigenvalue weighted by atomic mass is 9.92. The second-order valence-electron chi connectivity index (χ2n) is 9.67. The quantitative estimate of drug-likeness (QED) is 0.431. The minimum atomic E-state index is -0.263. The number of methoxy groups -OCH3 is 1. The molecule has 9 nitrogen and oxygen atoms in total. The average molecular weight is 489 g/mol. The molecule has 1 amide bonds. The third-order valence-corrected chi connectivity index (χ3v) is 7.52. The van der Waals surface area contributed by atoms with E-state index in [1.165, 1.54) is 7.11 Å². The molecule has 9 heteroatoms. The zero-order valence-electron chi connectivity index (χ0n) is 21.4. The minimum Gasteiger partial charge on any atom is -0.496 e. The SMILES string of the molecule is COc1cc(C)[nH]c(=O)c1CNC(=O)c1c(C)n(C(C)C2CCc3nnc(C)n3C2)c2ccccc12. The molecule has 1 aromatic carbocycles. The van der Waals surface area contributed by atoms with Crippen LogP contribution in [-0.2, 0) is 19.5 Å². The molecule has 188 valence electrons. The van der Waals surface area contributed by atoms with Gasteiger partial charge in [-0.3, -0.25) is 9.59 Å². The number of ether oxygens (including phenoxy) is 1. The van der Waals surface area contributed by atoms with Crippen molar-refractivity contribution < 1.29 is 9.53 Å². The first-order valence-electron chi connectivity index (χ1n) is 12.3. The lowest BCUT2D eigenvalue weighted by Crippen LogP contribution is -2.29. The van der Waals surface area contributed by atoms with Gasteiger partial charge in [-0.1, -0.05) is 18.2 Å². The van der Waals surface area contributed by atoms with Gasteiger partial charge in [0.25, 0.3) is 11.5 Å². The summed E-state index contributed by atoms with van der Waals surface area (Å²) in [4.78, 5) is 28.8. The van der Waals surface area contributed by atoms with Gasteiger partial charge in [0.05, 0.1) is 24.8 Å². The van der Waals surface area contributed by atoms with Crippen molar-refractivity contribution in [2.24, 2.45) is 5.92 Å². The van der Waals surface area contributed by atoms with Crippen LogP contribution in [0.25, 0.3) is 10.9 Å². The third-order valence-electron chi connectivity index (χ3n) is 7.52. The number of pyridine rings is 1. The van der Waals surface area contributed by atoms with E-state index < -0.39 is 0 Å². The Kier molecular flexibility index (Phi) is 6.15. The predicted octanol–water partition coefficient (Wildman–Crippen LogP) is 3.61. The molecule has 0 aliphatic carbocycles. The van der Waals surface area contributed by atoms with E-state index in [9.17, 15) is 9.59 Å². The van der Waals surface area contributed by atoms with Gasteiger partial charge in [0.15, 0.2) is 0 Å². The van der Waals surface area contributed by atoms with Gasteiger partial charge in [0.2, 0.25) is 0 Å². The number of para-hydroxylation sites is 1. The highest BCUT2D eigenvalue weighted by Crippen LogP contribution is 2.36. The first-order chi connectivity index (χ1) is 17.3. The number of aryl methyl sites for hydroxylation is 3. The highest BCUT2D eigenvalue weighted by Gasteiger charge is 2.30. The van der Waals surface area contributed by atoms with Crippen LogP contribution in [-0.4, -0.2) is 37.3 Å². The number of hydrogen-bond acceptors (Lipinski definition) is 5. The highest BCUT2D eigenvalue weighted by molar-refractivity contribution is 6.08. The third kappa shape index (κ3) is 3.98. The molecule has 36 heavy (non-hydrogen) atoms. The van der Waals surface area contributed by atoms with Crippen molar-refractivity contribution in [1.29, 1.82) is 0 Å². The maximum atomic E-state index is 13.5. The topological polar surface area (TPSA) is 107 Å². The van der Waals surface area contributed by atoms with Crippen molar-refractivity contribution >= 4 is 16.8 Å². The molecule has 0 saturated heterocycles. The molecule has 0 saturated carbocycles. The summed E-state index contributed by atoms with van der Waals surface area (Å²) in [6.07, 6.45) is 1.91. The molecule has 1 aliphatic heterocycles. The number of amides is 1. The van der Waals surface area contributed by atoms with Crippen molar-refractivity contribution in [3.05, 3.63) is 74.8 Å². The average Bonchev–Trinajstić information content (AvgIpc) is 3.38. The maximum Gasteiger partial charge on any atom is 0.256 e. The van der Waals surface area contributed by atoms with Crippen molar-refractivity contribution in [2.75, 3.05) is 7.11 Å². The summed E-state index contributed by atoms with van der Waals surface area (Å²) in [5, 5.41) is 12.4. The van der Waals surface area contributed by atoms with E-state index in [2.05, 4.69) is 42.6 Å². The number of benzene rings is 1. The van der Waals surface area contributed by atoms with E-state index in [1.54, 1.807) is 13.0 Å². The number of carbonyl (C=O) groups is 1. The van der Waals surface area contributed by atoms with Crippen LogP contribution in [0.2, 0.25) is 0 Å². The monoisotopic (exact) mass is 488 g/mol. The molecule has 2 atom stereocenters. The van der Waals surface area contributed by atoms with Crippen molar-refractivity contribution in [1.82, 2.24) is 29.6 Å². The molecule has 0 fully saturated rings. The van der Waals surface area contributed by atoms with E-state index in [0.29, 0.717) is 28.5 Å². The molecule has 0 spiro atoms. The van der Waals surface area contributed by atoms with Crippen molar-refractivity contribution in [3.8, 4) is 5.75 Å². The van der Waals surface area contributed by atoms with E-state index >= 15 is 0 Å². The number of fused-ring (bicyclic) bond motifs is 2. The molecule has 0 radical (unpaired) electrons. The number of aromatic nitrogens is 5. The van der Waals surface area contributed by atoms with Crippen LogP contribution in [0.1, 0.15) is 58.3 Å². The lowest BCUT2D eigenvalue weighted by molar-refractivity contribution is 0.0951. The Bertz CT molecular complexity index is 1510. The van der Waals surface area contributed by atoms with Gasteiger partial charge in [-0.25, -0.2) is 0 Å². The number of hydrogen-bond donors (Lipinski definition) is 2. The summed E-state index contributed by atoms with van der Waals surface area (Å²) in [5.41, 5.74) is 3.42. The number of nitrogens with zero attached hydrogens (tertiary/aromatic N) is 4. The summed E-state index contributed by atoms with van der Waals surface area (Å²) in [5.74, 6) is 2.62. The van der Waals surface area contributed by atoms with E-state index in [4.69, 9.17) is 4.74 Å². The van der Waals surface area contributed by atoms with Gasteiger partial charge in [0.1, 0.15) is 17.4 Å². The Labute approximate surface area is 209 Å². The van der Waals surface area contributed by atoms with E-state index in [-0.39, 0.29) is 24.1 Å². The Morgan fingerprint density at radius 3 is 2.81 bits per heavy atom. The smallest absolute Gasteiger partial charge is 0.256 e. The van der Waals surface area contributed by atoms with Crippen LogP contribution in [0.3, 0.4) is 0 Å². The summed E-state index contributed by atoms with van der Waals surface area (Å²) in [6.45, 7) is 8.96. The van der Waals surface area contributed by atoms with Crippen molar-refractivity contribution in [3.63, 3.8) is 0 Å². The normalized spacial score (nSPS) is 16.1. The fraction of sp³-hybridized carbons (Fsp3) is 0.407. The van der Waals surface area contributed by atoms with Crippen LogP contribution in [0.4, 0.5) is 0 Å². The van der Waals surface area contributed by atoms with Gasteiger partial charge in [-0.2, -0.15) is 0 Å². The van der Waals surface area contributed by atoms with E-state index in [0.717, 1.165) is 47.6 Å². The molecule has 2 N–H and O–H groups in total. The van der Waals surface area contributed by atoms with Gasteiger partial charge >= 0.3 is 0 Å². The van der Waals surface area contributed by atoms with Crippen LogP contribution in [0, 0.1) is 26.7 Å². The lowest BCUT2D eigenvalue weighted by Gasteiger charge is -2.31. The Balaban J connectivity index is 1.47. The number of aromatic amines is 1. The minimum absolute atomic E-state index is 0.0738. The Hall–Kier alpha value is -3.88. The molecule has 4 aromatic rings. The summed E-state index contributed by atoms with van der Waals surface area (Å²) < 4.78 is 9.89. The first kappa shape index (κ1) is 23.8. The molecule has 3 aromatic heterocycles. The fourth-order valence-corrected chi connectivity index (χ4v) is 5.59. The molecular weight excluding hydrogens is 456 g/mol. The molecule has 1 aliphatic rings. The van der Waals surface area contributed by atoms with Gasteiger partial charge in [-0.05, 0) is 52.2 Å². The fourth-order valence-electron chi connectivity index (χ4n) is 5.59. The molecule has 2 unspecified atom stereocenters. The number of H-pyrrole nitrogens is 1. The number of rotatable bonds is 6. The molecular formula is C27H32N6O3. The van der Waals surface area contributed by atoms with Gasteiger partial charge in [-0.15, -0.1) is 10.2 Å². The standard InChI is InChI=1S/C27H32N6O3/c1-15-12-23(36-5)21(26(34)29-15)13-28-27(35)25-17(3)33(22-9-7-6-8-20(22)25)16(2)19-10-11-24-31-30-18(4)32(24)14-19/h6-9,12,16,19H,10-11,13-14H2,1-5H3,(H,28,35)(H,29,34). The zero-order valence-corrected chi connectivity index (χ0v) is 21.4. The van der Waals surface area contributed by atoms with Crippen LogP contribution in [0.15, 0.2) is 35.1 Å². The summed E-state index contributed by atoms with van der Waals surface area (Å²) >= 11 is 0. The molecule has 5 rings (SSSR count). The van der Waals surface area contributed by atoms with Gasteiger partial charge < -0.3 is 24.2 Å². The maximum absolute atomic E-state index is 13.5. The Morgan fingerprint density at radius 1 is 1.25 bits per heavy atom. The second-order valence-corrected chi connectivity index (χ2v) is 9.67. The predicted molar refractivity (Wildman–Crippen MR) is 137 cm³/mol. The molecule has 4 heterocycles. The summed E-state index contributed by atoms with van der Waals surface area (Å²) in [6, 6.07) is 9.95. The number of nitrogens with one attached hydrogen (secondary N) is 2. The zero-order chi connectivity index (χ0) is 25.6. The highest BCUT2D eigenvalue weighted by atomic mass is 16.5. The molecule has 0 bridgehead atoms. The first-order valence-corrected chi connectivity index (χ1v) is 12.3. The summed E-state index contributed by atoms with van der Waals surface area (Å²) in [7, 11) is 1.52. The van der Waals surface area contributed by atoms with Crippen molar-refractivity contribution in [2.45, 2.75) is 59.7 Å². The second kappa shape index (κ2) is 9.29. The van der Waals surface area contributed by atoms with Crippen LogP contribution in [0.5, 0.6) is 5.75 Å². The van der Waals surface area contributed by atoms with Crippen LogP contribution < -0.4 is 15.6 Å². The largest absolute Gasteiger partial charge is 0.496 e. The van der Waals surface area contributed by atoms with Gasteiger partial charge in [0, 0.05) is 41.3 Å². The Morgan fingerprint density at radius 2 is 2.03 bits per heavy atom.